The van der Waals surface area contributed by atoms with Gasteiger partial charge in [-0.1, -0.05) is 19.8 Å². The quantitative estimate of drug-likeness (QED) is 0.241. The maximum Gasteiger partial charge on any atom is 0.416 e. The third-order valence-electron chi connectivity index (χ3n) is 5.45. The van der Waals surface area contributed by atoms with Crippen LogP contribution in [0.1, 0.15) is 78.5 Å². The highest BCUT2D eigenvalue weighted by atomic mass is 19.4. The Morgan fingerprint density at radius 3 is 1.31 bits per heavy atom. The highest BCUT2D eigenvalue weighted by Gasteiger charge is 2.38. The second-order valence-corrected chi connectivity index (χ2v) is 8.75. The van der Waals surface area contributed by atoms with Crippen LogP contribution in [0.25, 0.3) is 0 Å². The highest BCUT2D eigenvalue weighted by Crippen LogP contribution is 2.38. The summed E-state index contributed by atoms with van der Waals surface area (Å²) in [7, 11) is 0. The van der Waals surface area contributed by atoms with Crippen LogP contribution in [-0.2, 0) is 31.1 Å². The second-order valence-electron chi connectivity index (χ2n) is 8.75. The molecule has 0 aromatic heterocycles. The Morgan fingerprint density at radius 1 is 0.590 bits per heavy atom. The number of hydrogen-bond donors (Lipinski definition) is 2. The van der Waals surface area contributed by atoms with Crippen LogP contribution in [-0.4, -0.2) is 6.54 Å². The first kappa shape index (κ1) is 34.5. The average molecular weight is 584 g/mol. The average Bonchev–Trinajstić information content (AvgIpc) is 2.80. The van der Waals surface area contributed by atoms with Gasteiger partial charge in [0.25, 0.3) is 0 Å². The standard InChI is InChI=1S/C13H15F6N.C12H13F6N/c14-12(15,16)10-6-9(4-2-1-3-5-20)7-11(8-10)13(17,18)19;1-2-3-10(19)7-4-8(11(13,14)15)6-9(5-7)12(16,17)18/h6-8H,1-5,20H2;4-6,10H,2-3,19H2,1H3. The summed E-state index contributed by atoms with van der Waals surface area (Å²) in [6.07, 6.45) is -16.3. The Balaban J connectivity index is 0.000000391. The molecule has 0 heterocycles. The molecule has 1 unspecified atom stereocenters. The van der Waals surface area contributed by atoms with Crippen LogP contribution in [0.2, 0.25) is 0 Å². The molecule has 0 spiro atoms. The Labute approximate surface area is 217 Å². The van der Waals surface area contributed by atoms with Crippen LogP contribution in [0.4, 0.5) is 52.7 Å². The van der Waals surface area contributed by atoms with Gasteiger partial charge in [0.1, 0.15) is 0 Å². The second kappa shape index (κ2) is 13.7. The van der Waals surface area contributed by atoms with Crippen LogP contribution in [0.3, 0.4) is 0 Å². The molecule has 4 N–H and O–H groups in total. The van der Waals surface area contributed by atoms with Crippen molar-refractivity contribution in [2.24, 2.45) is 11.5 Å². The topological polar surface area (TPSA) is 52.0 Å². The van der Waals surface area contributed by atoms with Gasteiger partial charge in [0.2, 0.25) is 0 Å². The van der Waals surface area contributed by atoms with Crippen molar-refractivity contribution in [3.05, 3.63) is 69.8 Å². The summed E-state index contributed by atoms with van der Waals surface area (Å²) in [6.45, 7) is 2.20. The molecule has 0 saturated heterocycles. The number of unbranched alkanes of at least 4 members (excludes halogenated alkanes) is 2. The lowest BCUT2D eigenvalue weighted by atomic mass is 9.97. The normalized spacial score (nSPS) is 13.6. The zero-order chi connectivity index (χ0) is 30.2. The van der Waals surface area contributed by atoms with E-state index in [1.165, 1.54) is 0 Å². The van der Waals surface area contributed by atoms with Crippen LogP contribution < -0.4 is 11.5 Å². The molecule has 14 heteroatoms. The van der Waals surface area contributed by atoms with E-state index in [0.717, 1.165) is 12.1 Å². The van der Waals surface area contributed by atoms with E-state index in [2.05, 4.69) is 0 Å². The van der Waals surface area contributed by atoms with E-state index < -0.39 is 53.0 Å². The Bertz CT molecular complexity index is 973. The maximum atomic E-state index is 12.6. The van der Waals surface area contributed by atoms with Crippen LogP contribution in [0.15, 0.2) is 36.4 Å². The number of nitrogens with two attached hydrogens (primary N) is 2. The lowest BCUT2D eigenvalue weighted by Crippen LogP contribution is -2.16. The minimum Gasteiger partial charge on any atom is -0.330 e. The van der Waals surface area contributed by atoms with Gasteiger partial charge in [0, 0.05) is 6.04 Å². The molecular weight excluding hydrogens is 556 g/mol. The first-order valence-electron chi connectivity index (χ1n) is 11.7. The number of hydrogen-bond acceptors (Lipinski definition) is 2. The van der Waals surface area contributed by atoms with E-state index in [0.29, 0.717) is 50.8 Å². The Kier molecular flexibility index (Phi) is 12.2. The Hall–Kier alpha value is -2.48. The third kappa shape index (κ3) is 11.7. The fraction of sp³-hybridized carbons (Fsp3) is 0.520. The molecule has 2 nitrogen and oxygen atoms in total. The van der Waals surface area contributed by atoms with E-state index in [4.69, 9.17) is 11.5 Å². The largest absolute Gasteiger partial charge is 0.416 e. The third-order valence-corrected chi connectivity index (χ3v) is 5.45. The van der Waals surface area contributed by atoms with Gasteiger partial charge in [-0.25, -0.2) is 0 Å². The van der Waals surface area contributed by atoms with E-state index in [1.807, 2.05) is 0 Å². The lowest BCUT2D eigenvalue weighted by molar-refractivity contribution is -0.144. The highest BCUT2D eigenvalue weighted by molar-refractivity contribution is 5.35. The number of benzene rings is 2. The minimum atomic E-state index is -4.83. The predicted molar refractivity (Wildman–Crippen MR) is 121 cm³/mol. The minimum absolute atomic E-state index is 0.0455. The fourth-order valence-corrected chi connectivity index (χ4v) is 3.48. The van der Waals surface area contributed by atoms with E-state index in [1.54, 1.807) is 6.92 Å². The monoisotopic (exact) mass is 584 g/mol. The first-order chi connectivity index (χ1) is 17.7. The molecule has 2 rings (SSSR count). The van der Waals surface area contributed by atoms with Gasteiger partial charge < -0.3 is 11.5 Å². The van der Waals surface area contributed by atoms with Gasteiger partial charge in [0.15, 0.2) is 0 Å². The van der Waals surface area contributed by atoms with Crippen LogP contribution in [0.5, 0.6) is 0 Å². The zero-order valence-corrected chi connectivity index (χ0v) is 20.7. The molecule has 222 valence electrons. The summed E-state index contributed by atoms with van der Waals surface area (Å²) in [5.41, 5.74) is 5.58. The van der Waals surface area contributed by atoms with E-state index in [-0.39, 0.29) is 29.7 Å². The molecule has 2 aromatic rings. The Morgan fingerprint density at radius 2 is 0.974 bits per heavy atom. The molecule has 0 fully saturated rings. The van der Waals surface area contributed by atoms with Crippen molar-refractivity contribution in [3.8, 4) is 0 Å². The summed E-state index contributed by atoms with van der Waals surface area (Å²) in [6, 6.07) is 2.31. The van der Waals surface area contributed by atoms with Gasteiger partial charge >= 0.3 is 24.7 Å². The van der Waals surface area contributed by atoms with E-state index in [9.17, 15) is 52.7 Å². The van der Waals surface area contributed by atoms with Crippen molar-refractivity contribution in [1.29, 1.82) is 0 Å². The SMILES string of the molecule is CCCC(N)c1cc(C(F)(F)F)cc(C(F)(F)F)c1.NCCCCCc1cc(C(F)(F)F)cc(C(F)(F)F)c1. The molecule has 1 atom stereocenters. The molecule has 0 aliphatic rings. The van der Waals surface area contributed by atoms with E-state index >= 15 is 0 Å². The van der Waals surface area contributed by atoms with Gasteiger partial charge in [0.05, 0.1) is 22.3 Å². The summed E-state index contributed by atoms with van der Waals surface area (Å²) in [4.78, 5) is 0. The number of alkyl halides is 12. The summed E-state index contributed by atoms with van der Waals surface area (Å²) in [5, 5.41) is 0. The van der Waals surface area contributed by atoms with Gasteiger partial charge in [-0.15, -0.1) is 0 Å². The van der Waals surface area contributed by atoms with Crippen LogP contribution >= 0.6 is 0 Å². The smallest absolute Gasteiger partial charge is 0.330 e. The van der Waals surface area contributed by atoms with Crippen molar-refractivity contribution >= 4 is 0 Å². The number of rotatable bonds is 8. The van der Waals surface area contributed by atoms with Crippen LogP contribution in [0, 0.1) is 0 Å². The maximum absolute atomic E-state index is 12.6. The molecule has 0 bridgehead atoms. The summed E-state index contributed by atoms with van der Waals surface area (Å²) in [5.74, 6) is 0. The van der Waals surface area contributed by atoms with Gasteiger partial charge in [-0.2, -0.15) is 52.7 Å². The lowest BCUT2D eigenvalue weighted by Gasteiger charge is -2.17. The molecule has 0 saturated carbocycles. The van der Waals surface area contributed by atoms with Gasteiger partial charge in [-0.3, -0.25) is 0 Å². The number of halogens is 12. The molecule has 39 heavy (non-hydrogen) atoms. The molecule has 0 aliphatic heterocycles. The number of aryl methyl sites for hydroxylation is 1. The van der Waals surface area contributed by atoms with Gasteiger partial charge in [-0.05, 0) is 79.8 Å². The summed E-state index contributed by atoms with van der Waals surface area (Å²) < 4.78 is 151. The molecule has 0 amide bonds. The van der Waals surface area contributed by atoms with Crippen molar-refractivity contribution < 1.29 is 52.7 Å². The zero-order valence-electron chi connectivity index (χ0n) is 20.7. The summed E-state index contributed by atoms with van der Waals surface area (Å²) >= 11 is 0. The first-order valence-corrected chi connectivity index (χ1v) is 11.7. The molecule has 2 aromatic carbocycles. The molecule has 0 radical (unpaired) electrons. The van der Waals surface area contributed by atoms with Crippen molar-refractivity contribution in [3.63, 3.8) is 0 Å². The predicted octanol–water partition coefficient (Wildman–Crippen LogP) is 8.92. The van der Waals surface area contributed by atoms with Crippen molar-refractivity contribution in [2.45, 2.75) is 76.2 Å². The van der Waals surface area contributed by atoms with Crippen molar-refractivity contribution in [2.75, 3.05) is 6.54 Å². The fourth-order valence-electron chi connectivity index (χ4n) is 3.48. The van der Waals surface area contributed by atoms with Crippen molar-refractivity contribution in [1.82, 2.24) is 0 Å². The molecule has 0 aliphatic carbocycles. The molecular formula is C25H28F12N2.